The van der Waals surface area contributed by atoms with Gasteiger partial charge in [0.25, 0.3) is 5.91 Å². The minimum absolute atomic E-state index is 0.155. The number of alkyl halides is 1. The van der Waals surface area contributed by atoms with Gasteiger partial charge in [-0.05, 0) is 0 Å². The van der Waals surface area contributed by atoms with Gasteiger partial charge in [0.1, 0.15) is 0 Å². The van der Waals surface area contributed by atoms with Crippen molar-refractivity contribution in [1.82, 2.24) is 5.32 Å². The van der Waals surface area contributed by atoms with E-state index in [-0.39, 0.29) is 6.42 Å². The average Bonchev–Trinajstić information content (AvgIpc) is 2.15. The van der Waals surface area contributed by atoms with Crippen molar-refractivity contribution in [3.8, 4) is 0 Å². The fraction of sp³-hybridized carbons (Fsp3) is 0.600. The number of amides is 1. The van der Waals surface area contributed by atoms with E-state index in [9.17, 15) is 9.59 Å². The van der Waals surface area contributed by atoms with Crippen molar-refractivity contribution in [2.75, 3.05) is 6.54 Å². The molecule has 0 spiro atoms. The smallest absolute Gasteiger partial charge is 0.334 e. The Kier molecular flexibility index (Phi) is 1.56. The summed E-state index contributed by atoms with van der Waals surface area (Å²) in [6.45, 7) is 0.342. The number of carboxylic acids is 1. The van der Waals surface area contributed by atoms with Crippen LogP contribution >= 0.6 is 11.6 Å². The molecule has 1 amide bonds. The van der Waals surface area contributed by atoms with E-state index in [1.165, 1.54) is 0 Å². The predicted octanol–water partition coefficient (Wildman–Crippen LogP) is -0.431. The van der Waals surface area contributed by atoms with Crippen molar-refractivity contribution in [3.05, 3.63) is 0 Å². The quantitative estimate of drug-likeness (QED) is 0.407. The van der Waals surface area contributed by atoms with E-state index in [0.29, 0.717) is 6.54 Å². The summed E-state index contributed by atoms with van der Waals surface area (Å²) in [5, 5.41) is 10.8. The maximum absolute atomic E-state index is 10.7. The summed E-state index contributed by atoms with van der Waals surface area (Å²) in [6.07, 6.45) is 0.155. The van der Waals surface area contributed by atoms with Crippen LogP contribution in [0.4, 0.5) is 0 Å². The third-order valence-electron chi connectivity index (χ3n) is 1.45. The summed E-state index contributed by atoms with van der Waals surface area (Å²) in [6, 6.07) is 0. The highest BCUT2D eigenvalue weighted by atomic mass is 35.5. The molecule has 1 fully saturated rings. The van der Waals surface area contributed by atoms with Crippen LogP contribution in [0.15, 0.2) is 0 Å². The van der Waals surface area contributed by atoms with Crippen LogP contribution in [-0.2, 0) is 9.59 Å². The second kappa shape index (κ2) is 2.12. The molecule has 1 aliphatic heterocycles. The van der Waals surface area contributed by atoms with Gasteiger partial charge >= 0.3 is 5.97 Å². The molecule has 0 aromatic carbocycles. The second-order valence-corrected chi connectivity index (χ2v) is 2.76. The van der Waals surface area contributed by atoms with E-state index in [2.05, 4.69) is 5.32 Å². The number of hydrogen-bond acceptors (Lipinski definition) is 2. The van der Waals surface area contributed by atoms with Gasteiger partial charge in [-0.3, -0.25) is 4.79 Å². The molecule has 1 rings (SSSR count). The van der Waals surface area contributed by atoms with Crippen LogP contribution in [0, 0.1) is 0 Å². The first kappa shape index (κ1) is 7.34. The van der Waals surface area contributed by atoms with Crippen molar-refractivity contribution in [1.29, 1.82) is 0 Å². The fourth-order valence-electron chi connectivity index (χ4n) is 0.806. The monoisotopic (exact) mass is 163 g/mol. The van der Waals surface area contributed by atoms with E-state index >= 15 is 0 Å². The SMILES string of the molecule is O=C(O)C1(Cl)CCNC1=O. The lowest BCUT2D eigenvalue weighted by molar-refractivity contribution is -0.143. The van der Waals surface area contributed by atoms with Gasteiger partial charge in [0.15, 0.2) is 0 Å². The Morgan fingerprint density at radius 3 is 2.60 bits per heavy atom. The Bertz CT molecular complexity index is 193. The summed E-state index contributed by atoms with van der Waals surface area (Å²) in [5.41, 5.74) is 0. The molecule has 4 nitrogen and oxygen atoms in total. The Morgan fingerprint density at radius 2 is 2.40 bits per heavy atom. The largest absolute Gasteiger partial charge is 0.480 e. The van der Waals surface area contributed by atoms with Crippen molar-refractivity contribution >= 4 is 23.5 Å². The summed E-state index contributed by atoms with van der Waals surface area (Å²) in [5.74, 6) is -1.88. The van der Waals surface area contributed by atoms with Crippen LogP contribution in [0.3, 0.4) is 0 Å². The Morgan fingerprint density at radius 1 is 1.80 bits per heavy atom. The number of halogens is 1. The molecule has 0 radical (unpaired) electrons. The maximum Gasteiger partial charge on any atom is 0.334 e. The number of nitrogens with one attached hydrogen (secondary N) is 1. The molecule has 1 heterocycles. The number of carbonyl (C=O) groups is 2. The zero-order chi connectivity index (χ0) is 7.78. The second-order valence-electron chi connectivity index (χ2n) is 2.11. The van der Waals surface area contributed by atoms with E-state index < -0.39 is 16.8 Å². The molecule has 0 bridgehead atoms. The van der Waals surface area contributed by atoms with Gasteiger partial charge < -0.3 is 10.4 Å². The highest BCUT2D eigenvalue weighted by molar-refractivity contribution is 6.45. The fourth-order valence-corrected chi connectivity index (χ4v) is 0.967. The van der Waals surface area contributed by atoms with Crippen molar-refractivity contribution in [2.24, 2.45) is 0 Å². The molecule has 1 atom stereocenters. The van der Waals surface area contributed by atoms with Gasteiger partial charge in [0.05, 0.1) is 0 Å². The number of aliphatic carboxylic acids is 1. The summed E-state index contributed by atoms with van der Waals surface area (Å²) >= 11 is 5.44. The number of carboxylic acid groups (broad SMARTS) is 1. The molecule has 1 saturated heterocycles. The zero-order valence-electron chi connectivity index (χ0n) is 5.06. The molecule has 0 aromatic heterocycles. The average molecular weight is 164 g/mol. The first-order chi connectivity index (χ1) is 4.57. The molecule has 1 aliphatic rings. The molecule has 0 aromatic rings. The highest BCUT2D eigenvalue weighted by Gasteiger charge is 2.47. The molecular formula is C5H6ClNO3. The van der Waals surface area contributed by atoms with Gasteiger partial charge in [-0.15, -0.1) is 0 Å². The van der Waals surface area contributed by atoms with E-state index in [4.69, 9.17) is 16.7 Å². The van der Waals surface area contributed by atoms with Crippen LogP contribution in [0.5, 0.6) is 0 Å². The third kappa shape index (κ3) is 0.844. The van der Waals surface area contributed by atoms with Crippen molar-refractivity contribution in [2.45, 2.75) is 11.3 Å². The molecule has 2 N–H and O–H groups in total. The maximum atomic E-state index is 10.7. The molecule has 0 aliphatic carbocycles. The summed E-state index contributed by atoms with van der Waals surface area (Å²) in [7, 11) is 0. The lowest BCUT2D eigenvalue weighted by Crippen LogP contribution is -2.40. The van der Waals surface area contributed by atoms with E-state index in [1.54, 1.807) is 0 Å². The van der Waals surface area contributed by atoms with Crippen molar-refractivity contribution < 1.29 is 14.7 Å². The molecule has 0 saturated carbocycles. The Labute approximate surface area is 62.2 Å². The van der Waals surface area contributed by atoms with Gasteiger partial charge in [-0.1, -0.05) is 11.6 Å². The molecule has 5 heteroatoms. The van der Waals surface area contributed by atoms with Crippen LogP contribution in [-0.4, -0.2) is 28.4 Å². The van der Waals surface area contributed by atoms with Crippen molar-refractivity contribution in [3.63, 3.8) is 0 Å². The minimum atomic E-state index is -1.71. The third-order valence-corrected chi connectivity index (χ3v) is 1.98. The van der Waals surface area contributed by atoms with Crippen LogP contribution in [0.2, 0.25) is 0 Å². The summed E-state index contributed by atoms with van der Waals surface area (Å²) < 4.78 is 0. The minimum Gasteiger partial charge on any atom is -0.480 e. The van der Waals surface area contributed by atoms with Gasteiger partial charge in [-0.2, -0.15) is 0 Å². The standard InChI is InChI=1S/C5H6ClNO3/c6-5(4(9)10)1-2-7-3(5)8/h1-2H2,(H,7,8)(H,9,10). The predicted molar refractivity (Wildman–Crippen MR) is 33.8 cm³/mol. The summed E-state index contributed by atoms with van der Waals surface area (Å²) in [4.78, 5) is 19.3. The van der Waals surface area contributed by atoms with Gasteiger partial charge in [-0.25, -0.2) is 4.79 Å². The highest BCUT2D eigenvalue weighted by Crippen LogP contribution is 2.24. The van der Waals surface area contributed by atoms with E-state index in [1.807, 2.05) is 0 Å². The topological polar surface area (TPSA) is 66.4 Å². The van der Waals surface area contributed by atoms with Crippen LogP contribution in [0.25, 0.3) is 0 Å². The normalized spacial score (nSPS) is 31.9. The first-order valence-electron chi connectivity index (χ1n) is 2.78. The molecular weight excluding hydrogens is 158 g/mol. The number of hydrogen-bond donors (Lipinski definition) is 2. The van der Waals surface area contributed by atoms with Gasteiger partial charge in [0.2, 0.25) is 4.87 Å². The Hall–Kier alpha value is -0.770. The Balaban J connectivity index is 2.86. The molecule has 10 heavy (non-hydrogen) atoms. The zero-order valence-corrected chi connectivity index (χ0v) is 5.81. The number of rotatable bonds is 1. The lowest BCUT2D eigenvalue weighted by Gasteiger charge is -2.09. The first-order valence-corrected chi connectivity index (χ1v) is 3.16. The molecule has 56 valence electrons. The van der Waals surface area contributed by atoms with Gasteiger partial charge in [0, 0.05) is 13.0 Å². The number of carbonyl (C=O) groups excluding carboxylic acids is 1. The van der Waals surface area contributed by atoms with Crippen LogP contribution in [0.1, 0.15) is 6.42 Å². The lowest BCUT2D eigenvalue weighted by atomic mass is 10.1. The molecule has 1 unspecified atom stereocenters. The van der Waals surface area contributed by atoms with E-state index in [0.717, 1.165) is 0 Å². The van der Waals surface area contributed by atoms with Crippen LogP contribution < -0.4 is 5.32 Å².